The molecule has 0 radical (unpaired) electrons. The van der Waals surface area contributed by atoms with Gasteiger partial charge in [-0.3, -0.25) is 0 Å². The van der Waals surface area contributed by atoms with Crippen LogP contribution in [-0.2, 0) is 17.7 Å². The van der Waals surface area contributed by atoms with Crippen molar-refractivity contribution in [1.29, 1.82) is 0 Å². The summed E-state index contributed by atoms with van der Waals surface area (Å²) < 4.78 is 46.8. The van der Waals surface area contributed by atoms with Crippen LogP contribution in [0.5, 0.6) is 0 Å². The van der Waals surface area contributed by atoms with Crippen LogP contribution in [0.4, 0.5) is 0 Å². The second-order valence-corrected chi connectivity index (χ2v) is 9.13. The van der Waals surface area contributed by atoms with Gasteiger partial charge in [-0.1, -0.05) is 31.5 Å². The third-order valence-electron chi connectivity index (χ3n) is 2.11. The summed E-state index contributed by atoms with van der Waals surface area (Å²) >= 11 is 0. The normalized spacial score (nSPS) is 12.6. The lowest BCUT2D eigenvalue weighted by molar-refractivity contribution is 0.581. The number of hydrogen-bond donors (Lipinski definition) is 0. The fraction of sp³-hybridized carbons (Fsp3) is 0.400. The summed E-state index contributed by atoms with van der Waals surface area (Å²) in [7, 11) is -8.34. The van der Waals surface area contributed by atoms with Crippen LogP contribution in [0.3, 0.4) is 0 Å². The number of rotatable bonds is 5. The molecule has 6 heteroatoms. The number of benzene rings is 1. The van der Waals surface area contributed by atoms with Crippen LogP contribution in [0.1, 0.15) is 19.8 Å². The molecule has 4 nitrogen and oxygen atoms in total. The Labute approximate surface area is 95.5 Å². The van der Waals surface area contributed by atoms with E-state index < -0.39 is 17.7 Å². The van der Waals surface area contributed by atoms with Gasteiger partial charge in [0.1, 0.15) is 0 Å². The Morgan fingerprint density at radius 2 is 1.56 bits per heavy atom. The summed E-state index contributed by atoms with van der Waals surface area (Å²) in [6, 6.07) is 7.22. The van der Waals surface area contributed by atoms with Gasteiger partial charge in [0.05, 0.1) is 10.6 Å². The van der Waals surface area contributed by atoms with Crippen LogP contribution in [0.2, 0.25) is 0 Å². The predicted octanol–water partition coefficient (Wildman–Crippen LogP) is 1.59. The zero-order valence-corrected chi connectivity index (χ0v) is 10.6. The summed E-state index contributed by atoms with van der Waals surface area (Å²) in [5, 5.41) is 0. The minimum atomic E-state index is -4.24. The molecule has 0 aliphatic rings. The van der Waals surface area contributed by atoms with E-state index in [0.29, 0.717) is 12.8 Å². The quantitative estimate of drug-likeness (QED) is 0.756. The van der Waals surface area contributed by atoms with E-state index in [2.05, 4.69) is 0 Å². The Kier molecular flexibility index (Phi) is 4.09. The first kappa shape index (κ1) is 13.2. The fourth-order valence-electron chi connectivity index (χ4n) is 1.16. The molecule has 90 valence electrons. The van der Waals surface area contributed by atoms with Gasteiger partial charge in [0.15, 0.2) is 0 Å². The molecule has 0 N–H and O–H groups in total. The van der Waals surface area contributed by atoms with Gasteiger partial charge >= 0.3 is 0 Å². The second kappa shape index (κ2) is 4.97. The lowest BCUT2D eigenvalue weighted by Crippen LogP contribution is -2.19. The van der Waals surface area contributed by atoms with Gasteiger partial charge in [0.25, 0.3) is 17.7 Å². The Bertz CT molecular complexity index is 529. The van der Waals surface area contributed by atoms with Crippen molar-refractivity contribution in [1.82, 2.24) is 0 Å². The van der Waals surface area contributed by atoms with E-state index in [4.69, 9.17) is 0 Å². The van der Waals surface area contributed by atoms with E-state index in [1.54, 1.807) is 6.07 Å². The highest BCUT2D eigenvalue weighted by Gasteiger charge is 2.30. The van der Waals surface area contributed by atoms with E-state index in [0.717, 1.165) is 0 Å². The van der Waals surface area contributed by atoms with Crippen molar-refractivity contribution in [2.24, 2.45) is 0 Å². The SMILES string of the molecule is CCCCS(=O)(=O)S(=O)(=O)c1ccccc1. The van der Waals surface area contributed by atoms with Crippen molar-refractivity contribution < 1.29 is 16.8 Å². The zero-order chi connectivity index (χ0) is 12.2. The second-order valence-electron chi connectivity index (χ2n) is 3.38. The molecule has 0 bridgehead atoms. The fourth-order valence-corrected chi connectivity index (χ4v) is 5.03. The smallest absolute Gasteiger partial charge is 0.212 e. The van der Waals surface area contributed by atoms with Crippen molar-refractivity contribution in [3.8, 4) is 0 Å². The average molecular weight is 262 g/mol. The van der Waals surface area contributed by atoms with Crippen molar-refractivity contribution in [2.75, 3.05) is 5.75 Å². The summed E-state index contributed by atoms with van der Waals surface area (Å²) in [5.74, 6) is -0.319. The molecule has 0 aliphatic heterocycles. The van der Waals surface area contributed by atoms with E-state index in [1.807, 2.05) is 6.92 Å². The van der Waals surface area contributed by atoms with Crippen LogP contribution in [0.15, 0.2) is 35.2 Å². The lowest BCUT2D eigenvalue weighted by atomic mass is 10.4. The largest absolute Gasteiger partial charge is 0.282 e. The molecule has 1 aromatic carbocycles. The zero-order valence-electron chi connectivity index (χ0n) is 8.96. The van der Waals surface area contributed by atoms with Crippen LogP contribution in [0, 0.1) is 0 Å². The molecular formula is C10H14O4S2. The van der Waals surface area contributed by atoms with Gasteiger partial charge in [0, 0.05) is 0 Å². The van der Waals surface area contributed by atoms with Crippen LogP contribution < -0.4 is 0 Å². The Balaban J connectivity index is 3.13. The Hall–Kier alpha value is -0.880. The summed E-state index contributed by atoms with van der Waals surface area (Å²) in [4.78, 5) is -0.161. The number of hydrogen-bond acceptors (Lipinski definition) is 4. The molecule has 16 heavy (non-hydrogen) atoms. The molecule has 0 atom stereocenters. The molecule has 0 aromatic heterocycles. The first-order valence-electron chi connectivity index (χ1n) is 4.94. The third-order valence-corrected chi connectivity index (χ3v) is 7.50. The molecule has 0 unspecified atom stereocenters. The van der Waals surface area contributed by atoms with Crippen LogP contribution in [-0.4, -0.2) is 22.6 Å². The maximum Gasteiger partial charge on any atom is 0.282 e. The molecule has 1 aromatic rings. The highest BCUT2D eigenvalue weighted by Crippen LogP contribution is 2.18. The van der Waals surface area contributed by atoms with Crippen molar-refractivity contribution in [3.05, 3.63) is 30.3 Å². The molecule has 0 fully saturated rings. The van der Waals surface area contributed by atoms with Gasteiger partial charge < -0.3 is 0 Å². The molecule has 0 spiro atoms. The summed E-state index contributed by atoms with van der Waals surface area (Å²) in [6.07, 6.45) is 0.998. The molecular weight excluding hydrogens is 248 g/mol. The maximum absolute atomic E-state index is 11.8. The highest BCUT2D eigenvalue weighted by molar-refractivity contribution is 8.67. The average Bonchev–Trinajstić information content (AvgIpc) is 2.27. The molecule has 0 heterocycles. The third kappa shape index (κ3) is 2.62. The molecule has 1 rings (SSSR count). The van der Waals surface area contributed by atoms with Crippen molar-refractivity contribution in [3.63, 3.8) is 0 Å². The van der Waals surface area contributed by atoms with Gasteiger partial charge in [-0.15, -0.1) is 0 Å². The topological polar surface area (TPSA) is 68.3 Å². The predicted molar refractivity (Wildman–Crippen MR) is 62.3 cm³/mol. The van der Waals surface area contributed by atoms with Gasteiger partial charge in [-0.05, 0) is 18.6 Å². The maximum atomic E-state index is 11.8. The van der Waals surface area contributed by atoms with Crippen LogP contribution in [0.25, 0.3) is 0 Å². The van der Waals surface area contributed by atoms with Gasteiger partial charge in [0.2, 0.25) is 0 Å². The summed E-state index contributed by atoms with van der Waals surface area (Å²) in [6.45, 7) is 1.81. The van der Waals surface area contributed by atoms with Gasteiger partial charge in [-0.25, -0.2) is 16.8 Å². The van der Waals surface area contributed by atoms with Gasteiger partial charge in [-0.2, -0.15) is 0 Å². The lowest BCUT2D eigenvalue weighted by Gasteiger charge is -2.04. The van der Waals surface area contributed by atoms with E-state index in [1.165, 1.54) is 24.3 Å². The van der Waals surface area contributed by atoms with Crippen molar-refractivity contribution >= 4 is 17.7 Å². The van der Waals surface area contributed by atoms with E-state index in [9.17, 15) is 16.8 Å². The standard InChI is InChI=1S/C10H14O4S2/c1-2-3-9-15(11,12)16(13,14)10-7-5-4-6-8-10/h4-8H,2-3,9H2,1H3. The first-order valence-corrected chi connectivity index (χ1v) is 8.60. The first-order chi connectivity index (χ1) is 7.42. The molecule has 0 saturated carbocycles. The minimum absolute atomic E-state index is 0.161. The van der Waals surface area contributed by atoms with E-state index in [-0.39, 0.29) is 10.6 Å². The molecule has 0 aliphatic carbocycles. The summed E-state index contributed by atoms with van der Waals surface area (Å²) in [5.41, 5.74) is 0. The molecule has 0 amide bonds. The van der Waals surface area contributed by atoms with Crippen molar-refractivity contribution in [2.45, 2.75) is 24.7 Å². The minimum Gasteiger partial charge on any atom is -0.212 e. The molecule has 0 saturated heterocycles. The Morgan fingerprint density at radius 3 is 2.06 bits per heavy atom. The van der Waals surface area contributed by atoms with E-state index >= 15 is 0 Å². The van der Waals surface area contributed by atoms with Crippen LogP contribution >= 0.6 is 0 Å². The Morgan fingerprint density at radius 1 is 1.00 bits per heavy atom. The number of unbranched alkanes of at least 4 members (excludes halogenated alkanes) is 1. The monoisotopic (exact) mass is 262 g/mol. The highest BCUT2D eigenvalue weighted by atomic mass is 33.2.